The second-order valence-corrected chi connectivity index (χ2v) is 15.8. The number of halogens is 2. The molecule has 4 heteroatoms. The third kappa shape index (κ3) is 9.54. The molecule has 0 aromatic heterocycles. The summed E-state index contributed by atoms with van der Waals surface area (Å²) >= 11 is 6.25. The van der Waals surface area contributed by atoms with E-state index in [2.05, 4.69) is 27.2 Å². The summed E-state index contributed by atoms with van der Waals surface area (Å²) in [4.78, 5) is 0. The van der Waals surface area contributed by atoms with Crippen LogP contribution in [0.15, 0.2) is 0 Å². The molecule has 0 bridgehead atoms. The van der Waals surface area contributed by atoms with Crippen LogP contribution in [0.5, 0.6) is 0 Å². The Morgan fingerprint density at radius 1 is 1.00 bits per heavy atom. The van der Waals surface area contributed by atoms with Crippen LogP contribution < -0.4 is 0 Å². The molecule has 0 aromatic carbocycles. The Hall–Kier alpha value is 1.54. The summed E-state index contributed by atoms with van der Waals surface area (Å²) in [6.07, 6.45) is 3.93. The summed E-state index contributed by atoms with van der Waals surface area (Å²) in [5.41, 5.74) is 0. The second-order valence-electron chi connectivity index (χ2n) is 1.77. The molecule has 0 radical (unpaired) electrons. The fourth-order valence-corrected chi connectivity index (χ4v) is 0.687. The molecule has 0 amide bonds. The molecule has 52 valence electrons. The predicted molar refractivity (Wildman–Crippen MR) is 42.5 cm³/mol. The molecule has 1 aliphatic heterocycles. The van der Waals surface area contributed by atoms with Crippen molar-refractivity contribution < 1.29 is 17.9 Å². The van der Waals surface area contributed by atoms with E-state index in [4.69, 9.17) is 4.74 Å². The topological polar surface area (TPSA) is 9.23 Å². The Morgan fingerprint density at radius 2 is 1.44 bits per heavy atom. The van der Waals surface area contributed by atoms with Crippen LogP contribution in [-0.2, 0) is 17.9 Å². The molecule has 1 saturated heterocycles. The molecule has 9 heavy (non-hydrogen) atoms. The van der Waals surface area contributed by atoms with Crippen molar-refractivity contribution in [3.8, 4) is 0 Å². The quantitative estimate of drug-likeness (QED) is 0.625. The predicted octanol–water partition coefficient (Wildman–Crippen LogP) is 2.88. The van der Waals surface area contributed by atoms with Crippen molar-refractivity contribution in [2.24, 2.45) is 0 Å². The molecule has 1 rings (SSSR count). The third-order valence-corrected chi connectivity index (χ3v) is 1.08. The molecular weight excluding hydrogens is 301 g/mol. The first kappa shape index (κ1) is 10.5. The Morgan fingerprint density at radius 3 is 1.56 bits per heavy atom. The minimum absolute atomic E-state index is 0.250. The fraction of sp³-hybridized carbons (Fsp3) is 1.00. The number of hydrogen-bond acceptors (Lipinski definition) is 1. The Kier molecular flexibility index (Phi) is 11.2. The molecule has 0 aliphatic carbocycles. The van der Waals surface area contributed by atoms with Gasteiger partial charge < -0.3 is 4.74 Å². The van der Waals surface area contributed by atoms with Crippen LogP contribution in [0.2, 0.25) is 0 Å². The van der Waals surface area contributed by atoms with Gasteiger partial charge in [-0.05, 0) is 19.3 Å². The van der Waals surface area contributed by atoms with E-state index in [0.717, 1.165) is 13.2 Å². The first-order chi connectivity index (χ1) is 4.41. The van der Waals surface area contributed by atoms with Gasteiger partial charge in [0, 0.05) is 13.2 Å². The molecule has 1 nitrogen and oxygen atoms in total. The van der Waals surface area contributed by atoms with Crippen molar-refractivity contribution >= 4 is 27.2 Å². The van der Waals surface area contributed by atoms with E-state index in [9.17, 15) is 0 Å². The molecule has 0 atom stereocenters. The normalized spacial score (nSPS) is 17.1. The average molecular weight is 311 g/mol. The average Bonchev–Trinajstić information content (AvgIpc) is 1.93. The van der Waals surface area contributed by atoms with Crippen molar-refractivity contribution in [2.75, 3.05) is 13.2 Å². The van der Waals surface area contributed by atoms with Gasteiger partial charge in [0.05, 0.1) is 0 Å². The SMILES string of the molecule is C1CCOCC1.[Br][Zn][Br]. The molecule has 1 heterocycles. The van der Waals surface area contributed by atoms with E-state index in [1.165, 1.54) is 19.3 Å². The van der Waals surface area contributed by atoms with Crippen LogP contribution >= 0.6 is 27.2 Å². The zero-order chi connectivity index (χ0) is 6.95. The van der Waals surface area contributed by atoms with Crippen LogP contribution in [-0.4, -0.2) is 13.2 Å². The summed E-state index contributed by atoms with van der Waals surface area (Å²) in [6.45, 7) is 2.00. The standard InChI is InChI=1S/C5H10O.2BrH.Zn/c1-2-4-6-5-3-1;;;/h1-5H2;2*1H;/q;;;+2/p-2. The van der Waals surface area contributed by atoms with Gasteiger partial charge >= 0.3 is 40.5 Å². The molecule has 0 saturated carbocycles. The Labute approximate surface area is 77.2 Å². The molecule has 0 aromatic rings. The number of ether oxygens (including phenoxy) is 1. The molecular formula is C5H10Br2OZn. The minimum atomic E-state index is -0.250. The van der Waals surface area contributed by atoms with Crippen LogP contribution in [0.4, 0.5) is 0 Å². The van der Waals surface area contributed by atoms with E-state index in [1.54, 1.807) is 0 Å². The van der Waals surface area contributed by atoms with Crippen molar-refractivity contribution in [3.05, 3.63) is 0 Å². The molecule has 1 fully saturated rings. The maximum atomic E-state index is 5.07. The Balaban J connectivity index is 0.000000187. The van der Waals surface area contributed by atoms with E-state index >= 15 is 0 Å². The van der Waals surface area contributed by atoms with E-state index < -0.39 is 0 Å². The Bertz CT molecular complexity index is 38.7. The van der Waals surface area contributed by atoms with Gasteiger partial charge in [-0.1, -0.05) is 0 Å². The molecule has 0 spiro atoms. The fourth-order valence-electron chi connectivity index (χ4n) is 0.687. The van der Waals surface area contributed by atoms with Gasteiger partial charge in [0.15, 0.2) is 0 Å². The van der Waals surface area contributed by atoms with E-state index in [0.29, 0.717) is 0 Å². The first-order valence-electron chi connectivity index (χ1n) is 3.11. The monoisotopic (exact) mass is 308 g/mol. The summed E-state index contributed by atoms with van der Waals surface area (Å²) in [6, 6.07) is 0. The summed E-state index contributed by atoms with van der Waals surface area (Å²) in [7, 11) is 0. The zero-order valence-corrected chi connectivity index (χ0v) is 11.5. The first-order valence-corrected chi connectivity index (χ1v) is 17.0. The van der Waals surface area contributed by atoms with Crippen LogP contribution in [0, 0.1) is 0 Å². The zero-order valence-electron chi connectivity index (χ0n) is 5.41. The van der Waals surface area contributed by atoms with Crippen LogP contribution in [0.25, 0.3) is 0 Å². The van der Waals surface area contributed by atoms with E-state index in [-0.39, 0.29) is 13.2 Å². The molecule has 0 unspecified atom stereocenters. The van der Waals surface area contributed by atoms with Crippen molar-refractivity contribution in [2.45, 2.75) is 19.3 Å². The summed E-state index contributed by atoms with van der Waals surface area (Å²) < 4.78 is 5.07. The third-order valence-electron chi connectivity index (χ3n) is 1.08. The molecule has 1 aliphatic rings. The van der Waals surface area contributed by atoms with Crippen LogP contribution in [0.3, 0.4) is 0 Å². The number of hydrogen-bond donors (Lipinski definition) is 0. The van der Waals surface area contributed by atoms with Gasteiger partial charge in [0.25, 0.3) is 0 Å². The second kappa shape index (κ2) is 9.54. The maximum absolute atomic E-state index is 5.07. The van der Waals surface area contributed by atoms with Crippen molar-refractivity contribution in [1.82, 2.24) is 0 Å². The summed E-state index contributed by atoms with van der Waals surface area (Å²) in [5.74, 6) is 0. The summed E-state index contributed by atoms with van der Waals surface area (Å²) in [5, 5.41) is 0. The van der Waals surface area contributed by atoms with Gasteiger partial charge in [0.1, 0.15) is 0 Å². The van der Waals surface area contributed by atoms with Gasteiger partial charge in [0.2, 0.25) is 0 Å². The van der Waals surface area contributed by atoms with Gasteiger partial charge in [-0.25, -0.2) is 0 Å². The van der Waals surface area contributed by atoms with Crippen LogP contribution in [0.1, 0.15) is 19.3 Å². The number of rotatable bonds is 0. The van der Waals surface area contributed by atoms with Crippen molar-refractivity contribution in [3.63, 3.8) is 0 Å². The van der Waals surface area contributed by atoms with Gasteiger partial charge in [-0.15, -0.1) is 0 Å². The molecule has 0 N–H and O–H groups in total. The van der Waals surface area contributed by atoms with Gasteiger partial charge in [-0.3, -0.25) is 0 Å². The van der Waals surface area contributed by atoms with E-state index in [1.807, 2.05) is 0 Å². The van der Waals surface area contributed by atoms with Crippen molar-refractivity contribution in [1.29, 1.82) is 0 Å². The van der Waals surface area contributed by atoms with Gasteiger partial charge in [-0.2, -0.15) is 0 Å².